The average molecular weight is 272 g/mol. The monoisotopic (exact) mass is 272 g/mol. The Kier molecular flexibility index (Phi) is 4.43. The van der Waals surface area contributed by atoms with Gasteiger partial charge in [-0.25, -0.2) is 13.2 Å². The van der Waals surface area contributed by atoms with Crippen LogP contribution in [0, 0.1) is 0 Å². The standard InChI is InChI=1S/C7H11F7OSi/c1-16(2,3)15-5(10)7(13,14)6(11,12)4(8)9/h4-5H,1-3H3. The Morgan fingerprint density at radius 3 is 1.50 bits per heavy atom. The maximum atomic E-state index is 12.8. The molecule has 0 aromatic carbocycles. The quantitative estimate of drug-likeness (QED) is 0.548. The lowest BCUT2D eigenvalue weighted by Crippen LogP contribution is -2.55. The fraction of sp³-hybridized carbons (Fsp3) is 1.00. The van der Waals surface area contributed by atoms with E-state index < -0.39 is 32.9 Å². The number of hydrogen-bond donors (Lipinski definition) is 0. The highest BCUT2D eigenvalue weighted by Crippen LogP contribution is 2.43. The maximum Gasteiger partial charge on any atom is 0.374 e. The summed E-state index contributed by atoms with van der Waals surface area (Å²) in [5, 5.41) is 0. The van der Waals surface area contributed by atoms with E-state index in [-0.39, 0.29) is 0 Å². The van der Waals surface area contributed by atoms with Crippen LogP contribution in [0.4, 0.5) is 30.7 Å². The molecule has 0 aromatic rings. The molecule has 0 amide bonds. The van der Waals surface area contributed by atoms with Gasteiger partial charge in [0.1, 0.15) is 0 Å². The highest BCUT2D eigenvalue weighted by atomic mass is 28.4. The minimum Gasteiger partial charge on any atom is -0.385 e. The van der Waals surface area contributed by atoms with Crippen molar-refractivity contribution in [1.82, 2.24) is 0 Å². The Morgan fingerprint density at radius 2 is 1.25 bits per heavy atom. The van der Waals surface area contributed by atoms with Gasteiger partial charge in [-0.3, -0.25) is 0 Å². The summed E-state index contributed by atoms with van der Waals surface area (Å²) in [4.78, 5) is 0. The van der Waals surface area contributed by atoms with Gasteiger partial charge in [0.05, 0.1) is 0 Å². The van der Waals surface area contributed by atoms with Crippen molar-refractivity contribution in [3.63, 3.8) is 0 Å². The van der Waals surface area contributed by atoms with E-state index in [1.807, 2.05) is 0 Å². The van der Waals surface area contributed by atoms with Gasteiger partial charge in [-0.05, 0) is 19.6 Å². The van der Waals surface area contributed by atoms with E-state index in [0.717, 1.165) is 0 Å². The number of halogens is 7. The SMILES string of the molecule is C[Si](C)(C)OC(F)C(F)(F)C(F)(F)C(F)F. The molecule has 0 aliphatic rings. The Balaban J connectivity index is 4.91. The molecule has 0 aromatic heterocycles. The molecule has 0 aliphatic heterocycles. The van der Waals surface area contributed by atoms with Crippen molar-refractivity contribution in [3.8, 4) is 0 Å². The average Bonchev–Trinajstić information content (AvgIpc) is 1.99. The van der Waals surface area contributed by atoms with Gasteiger partial charge in [0.15, 0.2) is 8.32 Å². The molecule has 0 fully saturated rings. The van der Waals surface area contributed by atoms with Crippen LogP contribution in [0.3, 0.4) is 0 Å². The second kappa shape index (κ2) is 4.51. The van der Waals surface area contributed by atoms with Crippen LogP contribution in [-0.4, -0.2) is 32.9 Å². The Bertz CT molecular complexity index is 237. The van der Waals surface area contributed by atoms with Crippen molar-refractivity contribution < 1.29 is 35.2 Å². The van der Waals surface area contributed by atoms with Gasteiger partial charge in [-0.2, -0.15) is 17.6 Å². The third-order valence-corrected chi connectivity index (χ3v) is 2.37. The lowest BCUT2D eigenvalue weighted by atomic mass is 10.2. The molecule has 0 spiro atoms. The first-order chi connectivity index (χ1) is 6.82. The molecule has 0 radical (unpaired) electrons. The van der Waals surface area contributed by atoms with Crippen molar-refractivity contribution in [2.75, 3.05) is 0 Å². The molecule has 16 heavy (non-hydrogen) atoms. The second-order valence-electron chi connectivity index (χ2n) is 4.09. The smallest absolute Gasteiger partial charge is 0.374 e. The molecular weight excluding hydrogens is 261 g/mol. The summed E-state index contributed by atoms with van der Waals surface area (Å²) >= 11 is 0. The van der Waals surface area contributed by atoms with Crippen LogP contribution in [0.1, 0.15) is 0 Å². The zero-order valence-corrected chi connectivity index (χ0v) is 9.71. The number of rotatable bonds is 5. The highest BCUT2D eigenvalue weighted by Gasteiger charge is 2.68. The van der Waals surface area contributed by atoms with Gasteiger partial charge in [0, 0.05) is 0 Å². The predicted molar refractivity (Wildman–Crippen MR) is 45.2 cm³/mol. The minimum atomic E-state index is -5.76. The minimum absolute atomic E-state index is 1.26. The molecule has 0 saturated heterocycles. The number of alkyl halides is 7. The topological polar surface area (TPSA) is 9.23 Å². The zero-order valence-electron chi connectivity index (χ0n) is 8.71. The molecule has 1 nitrogen and oxygen atoms in total. The summed E-state index contributed by atoms with van der Waals surface area (Å²) in [6, 6.07) is 0. The molecule has 0 saturated carbocycles. The fourth-order valence-corrected chi connectivity index (χ4v) is 1.45. The molecule has 0 bridgehead atoms. The van der Waals surface area contributed by atoms with Gasteiger partial charge in [0.2, 0.25) is 0 Å². The Morgan fingerprint density at radius 1 is 0.875 bits per heavy atom. The van der Waals surface area contributed by atoms with E-state index in [1.54, 1.807) is 0 Å². The summed E-state index contributed by atoms with van der Waals surface area (Å²) < 4.78 is 90.2. The highest BCUT2D eigenvalue weighted by molar-refractivity contribution is 6.69. The first-order valence-corrected chi connectivity index (χ1v) is 7.59. The molecule has 0 heterocycles. The molecule has 0 aliphatic carbocycles. The second-order valence-corrected chi connectivity index (χ2v) is 8.55. The van der Waals surface area contributed by atoms with Gasteiger partial charge < -0.3 is 4.43 Å². The molecule has 98 valence electrons. The van der Waals surface area contributed by atoms with Gasteiger partial charge >= 0.3 is 18.3 Å². The summed E-state index contributed by atoms with van der Waals surface area (Å²) in [5.74, 6) is -11.3. The van der Waals surface area contributed by atoms with Crippen LogP contribution in [0.15, 0.2) is 0 Å². The molecule has 0 rings (SSSR count). The normalized spacial score (nSPS) is 16.7. The lowest BCUT2D eigenvalue weighted by molar-refractivity contribution is -0.312. The zero-order chi connectivity index (χ0) is 13.4. The summed E-state index contributed by atoms with van der Waals surface area (Å²) in [5.41, 5.74) is 0. The van der Waals surface area contributed by atoms with E-state index in [2.05, 4.69) is 4.43 Å². The lowest BCUT2D eigenvalue weighted by Gasteiger charge is -2.31. The van der Waals surface area contributed by atoms with Gasteiger partial charge in [-0.1, -0.05) is 0 Å². The van der Waals surface area contributed by atoms with Crippen LogP contribution in [0.25, 0.3) is 0 Å². The first-order valence-electron chi connectivity index (χ1n) is 4.18. The van der Waals surface area contributed by atoms with Crippen molar-refractivity contribution >= 4 is 8.32 Å². The maximum absolute atomic E-state index is 12.8. The Hall–Kier alpha value is -0.313. The van der Waals surface area contributed by atoms with Crippen LogP contribution in [-0.2, 0) is 4.43 Å². The predicted octanol–water partition coefficient (Wildman–Crippen LogP) is 3.67. The molecule has 9 heteroatoms. The van der Waals surface area contributed by atoms with E-state index in [0.29, 0.717) is 0 Å². The van der Waals surface area contributed by atoms with Crippen LogP contribution < -0.4 is 0 Å². The van der Waals surface area contributed by atoms with E-state index in [9.17, 15) is 30.7 Å². The fourth-order valence-electron chi connectivity index (χ4n) is 0.681. The third kappa shape index (κ3) is 3.34. The Labute approximate surface area is 88.7 Å². The molecular formula is C7H11F7OSi. The summed E-state index contributed by atoms with van der Waals surface area (Å²) in [6.45, 7) is 3.78. The summed E-state index contributed by atoms with van der Waals surface area (Å²) in [6.07, 6.45) is -8.41. The molecule has 0 N–H and O–H groups in total. The molecule has 1 unspecified atom stereocenters. The van der Waals surface area contributed by atoms with Crippen LogP contribution >= 0.6 is 0 Å². The van der Waals surface area contributed by atoms with Gasteiger partial charge in [-0.15, -0.1) is 0 Å². The van der Waals surface area contributed by atoms with Crippen molar-refractivity contribution in [2.45, 2.75) is 44.3 Å². The van der Waals surface area contributed by atoms with E-state index in [4.69, 9.17) is 0 Å². The van der Waals surface area contributed by atoms with Crippen LogP contribution in [0.5, 0.6) is 0 Å². The third-order valence-electron chi connectivity index (χ3n) is 1.46. The van der Waals surface area contributed by atoms with E-state index >= 15 is 0 Å². The van der Waals surface area contributed by atoms with E-state index in [1.165, 1.54) is 19.6 Å². The van der Waals surface area contributed by atoms with Crippen molar-refractivity contribution in [3.05, 3.63) is 0 Å². The van der Waals surface area contributed by atoms with Crippen molar-refractivity contribution in [2.24, 2.45) is 0 Å². The number of hydrogen-bond acceptors (Lipinski definition) is 1. The van der Waals surface area contributed by atoms with Crippen LogP contribution in [0.2, 0.25) is 19.6 Å². The van der Waals surface area contributed by atoms with Gasteiger partial charge in [0.25, 0.3) is 6.36 Å². The largest absolute Gasteiger partial charge is 0.385 e. The summed E-state index contributed by atoms with van der Waals surface area (Å²) in [7, 11) is -2.88. The molecule has 1 atom stereocenters. The first kappa shape index (κ1) is 15.7. The van der Waals surface area contributed by atoms with Crippen molar-refractivity contribution in [1.29, 1.82) is 0 Å².